The Kier molecular flexibility index (Phi) is 6.05. The SMILES string of the molecule is COSN(C)c1cc(C=O)nn1-c1ccc(F)cc1.S. The number of halogens is 1. The lowest BCUT2D eigenvalue weighted by Gasteiger charge is -2.16. The number of benzene rings is 1. The second-order valence-electron chi connectivity index (χ2n) is 3.67. The third-order valence-corrected chi connectivity index (χ3v) is 2.97. The average molecular weight is 315 g/mol. The molecule has 0 saturated carbocycles. The van der Waals surface area contributed by atoms with Gasteiger partial charge in [0.1, 0.15) is 29.6 Å². The monoisotopic (exact) mass is 315 g/mol. The van der Waals surface area contributed by atoms with Crippen molar-refractivity contribution in [2.24, 2.45) is 0 Å². The van der Waals surface area contributed by atoms with Gasteiger partial charge in [-0.25, -0.2) is 9.07 Å². The van der Waals surface area contributed by atoms with E-state index in [1.807, 2.05) is 0 Å². The summed E-state index contributed by atoms with van der Waals surface area (Å²) in [4.78, 5) is 10.8. The Morgan fingerprint density at radius 3 is 2.60 bits per heavy atom. The van der Waals surface area contributed by atoms with Crippen molar-refractivity contribution in [3.05, 3.63) is 41.8 Å². The van der Waals surface area contributed by atoms with Gasteiger partial charge < -0.3 is 0 Å². The van der Waals surface area contributed by atoms with E-state index in [0.717, 1.165) is 12.2 Å². The van der Waals surface area contributed by atoms with Crippen LogP contribution in [0.25, 0.3) is 5.69 Å². The summed E-state index contributed by atoms with van der Waals surface area (Å²) in [6.07, 6.45) is 0.662. The normalized spacial score (nSPS) is 9.95. The summed E-state index contributed by atoms with van der Waals surface area (Å²) >= 11 is 1.10. The molecule has 1 aromatic carbocycles. The number of carbonyl (C=O) groups is 1. The summed E-state index contributed by atoms with van der Waals surface area (Å²) in [7, 11) is 3.32. The first-order valence-electron chi connectivity index (χ1n) is 5.41. The van der Waals surface area contributed by atoms with Crippen molar-refractivity contribution >= 4 is 37.8 Å². The van der Waals surface area contributed by atoms with Crippen molar-refractivity contribution in [3.8, 4) is 5.69 Å². The zero-order chi connectivity index (χ0) is 13.8. The molecule has 5 nitrogen and oxygen atoms in total. The molecule has 0 fully saturated rings. The van der Waals surface area contributed by atoms with E-state index in [9.17, 15) is 9.18 Å². The summed E-state index contributed by atoms with van der Waals surface area (Å²) in [6.45, 7) is 0. The van der Waals surface area contributed by atoms with E-state index in [4.69, 9.17) is 4.18 Å². The third-order valence-electron chi connectivity index (χ3n) is 2.41. The van der Waals surface area contributed by atoms with Crippen LogP contribution in [0.4, 0.5) is 10.2 Å². The van der Waals surface area contributed by atoms with E-state index in [1.165, 1.54) is 12.1 Å². The van der Waals surface area contributed by atoms with Gasteiger partial charge in [0.05, 0.1) is 12.8 Å². The van der Waals surface area contributed by atoms with Gasteiger partial charge in [-0.1, -0.05) is 0 Å². The Labute approximate surface area is 127 Å². The molecule has 0 aliphatic carbocycles. The molecule has 1 heterocycles. The number of nitrogens with zero attached hydrogens (tertiary/aromatic N) is 3. The minimum atomic E-state index is -0.326. The lowest BCUT2D eigenvalue weighted by molar-refractivity contribution is 0.111. The molecule has 0 bridgehead atoms. The fourth-order valence-corrected chi connectivity index (χ4v) is 2.02. The second-order valence-corrected chi connectivity index (χ2v) is 4.70. The average Bonchev–Trinajstić information content (AvgIpc) is 2.84. The van der Waals surface area contributed by atoms with Crippen LogP contribution in [-0.4, -0.2) is 30.2 Å². The third kappa shape index (κ3) is 3.53. The number of rotatable bonds is 5. The van der Waals surface area contributed by atoms with Gasteiger partial charge in [-0.2, -0.15) is 18.6 Å². The van der Waals surface area contributed by atoms with Gasteiger partial charge in [0.2, 0.25) is 0 Å². The highest BCUT2D eigenvalue weighted by Gasteiger charge is 2.14. The van der Waals surface area contributed by atoms with Crippen LogP contribution >= 0.6 is 25.7 Å². The first-order chi connectivity index (χ1) is 9.15. The molecule has 0 amide bonds. The molecule has 1 aromatic heterocycles. The largest absolute Gasteiger partial charge is 0.300 e. The van der Waals surface area contributed by atoms with E-state index >= 15 is 0 Å². The molecule has 2 aromatic rings. The predicted molar refractivity (Wildman–Crippen MR) is 82.3 cm³/mol. The summed E-state index contributed by atoms with van der Waals surface area (Å²) < 4.78 is 21.2. The smallest absolute Gasteiger partial charge is 0.170 e. The second kappa shape index (κ2) is 7.32. The number of aromatic nitrogens is 2. The molecule has 0 aliphatic heterocycles. The molecule has 0 atom stereocenters. The molecule has 0 radical (unpaired) electrons. The number of carbonyl (C=O) groups excluding carboxylic acids is 1. The highest BCUT2D eigenvalue weighted by molar-refractivity contribution is 7.96. The zero-order valence-corrected chi connectivity index (χ0v) is 12.7. The zero-order valence-electron chi connectivity index (χ0n) is 10.9. The molecule has 2 rings (SSSR count). The van der Waals surface area contributed by atoms with E-state index in [0.29, 0.717) is 23.5 Å². The highest BCUT2D eigenvalue weighted by atomic mass is 32.2. The first kappa shape index (κ1) is 16.5. The number of hydrogen-bond acceptors (Lipinski definition) is 5. The number of aldehydes is 1. The molecule has 0 aliphatic rings. The van der Waals surface area contributed by atoms with Crippen molar-refractivity contribution in [1.82, 2.24) is 9.78 Å². The summed E-state index contributed by atoms with van der Waals surface area (Å²) in [6, 6.07) is 7.48. The standard InChI is InChI=1S/C12H12FN3O2S.H2S/c1-15(19-18-2)12-7-10(8-17)14-16(12)11-5-3-9(13)4-6-11;/h3-8H,1-2H3;1H2. The fourth-order valence-electron chi connectivity index (χ4n) is 1.59. The van der Waals surface area contributed by atoms with E-state index in [1.54, 1.807) is 41.3 Å². The van der Waals surface area contributed by atoms with Crippen LogP contribution in [0.5, 0.6) is 0 Å². The summed E-state index contributed by atoms with van der Waals surface area (Å²) in [5.74, 6) is 0.327. The maximum Gasteiger partial charge on any atom is 0.170 e. The van der Waals surface area contributed by atoms with Gasteiger partial charge in [0.25, 0.3) is 0 Å². The van der Waals surface area contributed by atoms with Crippen molar-refractivity contribution in [2.75, 3.05) is 18.5 Å². The van der Waals surface area contributed by atoms with E-state index < -0.39 is 0 Å². The van der Waals surface area contributed by atoms with E-state index in [2.05, 4.69) is 5.10 Å². The number of anilines is 1. The van der Waals surface area contributed by atoms with Crippen LogP contribution in [-0.2, 0) is 4.18 Å². The number of hydrogen-bond donors (Lipinski definition) is 0. The molecule has 8 heteroatoms. The van der Waals surface area contributed by atoms with Crippen molar-refractivity contribution < 1.29 is 13.4 Å². The van der Waals surface area contributed by atoms with Gasteiger partial charge >= 0.3 is 0 Å². The van der Waals surface area contributed by atoms with Crippen molar-refractivity contribution in [1.29, 1.82) is 0 Å². The van der Waals surface area contributed by atoms with Gasteiger partial charge in [0.15, 0.2) is 6.29 Å². The Balaban J connectivity index is 0.00000200. The molecule has 0 saturated heterocycles. The quantitative estimate of drug-likeness (QED) is 0.482. The van der Waals surface area contributed by atoms with Gasteiger partial charge in [-0.15, -0.1) is 0 Å². The maximum absolute atomic E-state index is 12.9. The van der Waals surface area contributed by atoms with Crippen LogP contribution in [0.15, 0.2) is 30.3 Å². The Morgan fingerprint density at radius 1 is 1.40 bits per heavy atom. The summed E-state index contributed by atoms with van der Waals surface area (Å²) in [5, 5.41) is 4.15. The lowest BCUT2D eigenvalue weighted by Crippen LogP contribution is -2.12. The van der Waals surface area contributed by atoms with Crippen molar-refractivity contribution in [3.63, 3.8) is 0 Å². The van der Waals surface area contributed by atoms with Gasteiger partial charge in [0, 0.05) is 13.1 Å². The minimum absolute atomic E-state index is 0. The molecule has 108 valence electrons. The Morgan fingerprint density at radius 2 is 2.05 bits per heavy atom. The molecule has 0 unspecified atom stereocenters. The molecular weight excluding hydrogens is 301 g/mol. The molecule has 0 spiro atoms. The first-order valence-corrected chi connectivity index (χ1v) is 6.11. The van der Waals surface area contributed by atoms with Crippen LogP contribution < -0.4 is 4.31 Å². The minimum Gasteiger partial charge on any atom is -0.300 e. The Hall–Kier alpha value is -1.51. The van der Waals surface area contributed by atoms with Crippen LogP contribution in [0.1, 0.15) is 10.5 Å². The summed E-state index contributed by atoms with van der Waals surface area (Å²) in [5.41, 5.74) is 0.955. The Bertz CT molecular complexity index is 575. The molecule has 0 N–H and O–H groups in total. The van der Waals surface area contributed by atoms with Gasteiger partial charge in [-0.05, 0) is 24.3 Å². The van der Waals surface area contributed by atoms with Crippen LogP contribution in [0.2, 0.25) is 0 Å². The van der Waals surface area contributed by atoms with E-state index in [-0.39, 0.29) is 19.3 Å². The van der Waals surface area contributed by atoms with Crippen LogP contribution in [0, 0.1) is 5.82 Å². The highest BCUT2D eigenvalue weighted by Crippen LogP contribution is 2.24. The predicted octanol–water partition coefficient (Wildman–Crippen LogP) is 2.58. The van der Waals surface area contributed by atoms with Crippen molar-refractivity contribution in [2.45, 2.75) is 0 Å². The van der Waals surface area contributed by atoms with Gasteiger partial charge in [-0.3, -0.25) is 13.3 Å². The maximum atomic E-state index is 12.9. The lowest BCUT2D eigenvalue weighted by atomic mass is 10.3. The topological polar surface area (TPSA) is 47.4 Å². The molecular formula is C12H14FN3O2S2. The molecule has 20 heavy (non-hydrogen) atoms. The van der Waals surface area contributed by atoms with Crippen LogP contribution in [0.3, 0.4) is 0 Å². The fraction of sp³-hybridized carbons (Fsp3) is 0.167.